The van der Waals surface area contributed by atoms with Crippen LogP contribution < -0.4 is 4.90 Å². The summed E-state index contributed by atoms with van der Waals surface area (Å²) in [6.07, 6.45) is 4.07. The topological polar surface area (TPSA) is 71.2 Å². The molecular formula is C14H20N6O. The molecule has 1 aliphatic heterocycles. The highest BCUT2D eigenvalue weighted by Crippen LogP contribution is 2.23. The van der Waals surface area contributed by atoms with Crippen molar-refractivity contribution in [2.24, 2.45) is 0 Å². The van der Waals surface area contributed by atoms with E-state index in [1.54, 1.807) is 6.20 Å². The van der Waals surface area contributed by atoms with Gasteiger partial charge in [-0.15, -0.1) is 15.3 Å². The van der Waals surface area contributed by atoms with Gasteiger partial charge in [0, 0.05) is 32.3 Å². The summed E-state index contributed by atoms with van der Waals surface area (Å²) in [6, 6.07) is 4.41. The van der Waals surface area contributed by atoms with Gasteiger partial charge in [-0.25, -0.2) is 0 Å². The van der Waals surface area contributed by atoms with Gasteiger partial charge >= 0.3 is 0 Å². The molecule has 21 heavy (non-hydrogen) atoms. The Hall–Kier alpha value is -2.02. The van der Waals surface area contributed by atoms with Gasteiger partial charge in [-0.05, 0) is 32.0 Å². The fourth-order valence-electron chi connectivity index (χ4n) is 2.83. The maximum absolute atomic E-state index is 5.43. The van der Waals surface area contributed by atoms with E-state index in [0.29, 0.717) is 24.4 Å². The summed E-state index contributed by atoms with van der Waals surface area (Å²) in [7, 11) is 2.08. The quantitative estimate of drug-likeness (QED) is 0.820. The average Bonchev–Trinajstić information content (AvgIpc) is 3.09. The van der Waals surface area contributed by atoms with Crippen LogP contribution in [0.5, 0.6) is 0 Å². The Morgan fingerprint density at radius 3 is 3.00 bits per heavy atom. The maximum atomic E-state index is 5.43. The number of rotatable bonds is 5. The number of hydrogen-bond acceptors (Lipinski definition) is 7. The van der Waals surface area contributed by atoms with E-state index < -0.39 is 0 Å². The molecule has 1 saturated heterocycles. The van der Waals surface area contributed by atoms with Crippen molar-refractivity contribution in [3.05, 3.63) is 30.1 Å². The Balaban J connectivity index is 1.61. The lowest BCUT2D eigenvalue weighted by molar-refractivity contribution is 0.269. The van der Waals surface area contributed by atoms with Crippen LogP contribution in [0.4, 0.5) is 5.82 Å². The van der Waals surface area contributed by atoms with Crippen LogP contribution in [0.2, 0.25) is 0 Å². The molecule has 0 radical (unpaired) electrons. The third-order valence-corrected chi connectivity index (χ3v) is 3.73. The molecule has 2 aromatic rings. The van der Waals surface area contributed by atoms with E-state index in [0.717, 1.165) is 18.9 Å². The second kappa shape index (κ2) is 6.17. The molecule has 2 aromatic heterocycles. The zero-order valence-corrected chi connectivity index (χ0v) is 12.4. The van der Waals surface area contributed by atoms with Gasteiger partial charge in [0.2, 0.25) is 11.8 Å². The highest BCUT2D eigenvalue weighted by atomic mass is 16.4. The molecule has 0 bridgehead atoms. The molecule has 112 valence electrons. The largest absolute Gasteiger partial charge is 0.424 e. The van der Waals surface area contributed by atoms with Gasteiger partial charge < -0.3 is 9.32 Å². The SMILES string of the molecule is Cc1nnc(CN(C)C[C@@H]2CCCN2c2cccnn2)o1. The van der Waals surface area contributed by atoms with Crippen LogP contribution in [0.15, 0.2) is 22.7 Å². The minimum Gasteiger partial charge on any atom is -0.424 e. The Bertz CT molecular complexity index is 572. The first-order valence-corrected chi connectivity index (χ1v) is 7.24. The molecule has 3 rings (SSSR count). The van der Waals surface area contributed by atoms with Crippen molar-refractivity contribution in [2.45, 2.75) is 32.4 Å². The first kappa shape index (κ1) is 13.9. The molecule has 0 amide bonds. The number of aromatic nitrogens is 4. The van der Waals surface area contributed by atoms with Gasteiger partial charge in [0.15, 0.2) is 5.82 Å². The summed E-state index contributed by atoms with van der Waals surface area (Å²) in [5.41, 5.74) is 0. The van der Waals surface area contributed by atoms with Gasteiger partial charge in [-0.2, -0.15) is 5.10 Å². The normalized spacial score (nSPS) is 18.6. The van der Waals surface area contributed by atoms with E-state index in [1.807, 2.05) is 19.1 Å². The van der Waals surface area contributed by atoms with Crippen LogP contribution in [0.1, 0.15) is 24.6 Å². The van der Waals surface area contributed by atoms with Crippen molar-refractivity contribution < 1.29 is 4.42 Å². The lowest BCUT2D eigenvalue weighted by atomic mass is 10.2. The minimum atomic E-state index is 0.454. The van der Waals surface area contributed by atoms with Crippen molar-refractivity contribution in [2.75, 3.05) is 25.0 Å². The third kappa shape index (κ3) is 3.36. The second-order valence-corrected chi connectivity index (χ2v) is 5.48. The van der Waals surface area contributed by atoms with Gasteiger partial charge in [-0.1, -0.05) is 0 Å². The molecule has 0 aliphatic carbocycles. The lowest BCUT2D eigenvalue weighted by Gasteiger charge is -2.28. The zero-order chi connectivity index (χ0) is 14.7. The summed E-state index contributed by atoms with van der Waals surface area (Å²) in [4.78, 5) is 4.55. The van der Waals surface area contributed by atoms with Crippen LogP contribution in [0, 0.1) is 6.92 Å². The van der Waals surface area contributed by atoms with Crippen LogP contribution >= 0.6 is 0 Å². The molecular weight excluding hydrogens is 268 g/mol. The van der Waals surface area contributed by atoms with E-state index in [1.165, 1.54) is 12.8 Å². The Morgan fingerprint density at radius 1 is 1.38 bits per heavy atom. The van der Waals surface area contributed by atoms with Crippen LogP contribution in [0.3, 0.4) is 0 Å². The molecule has 1 fully saturated rings. The predicted molar refractivity (Wildman–Crippen MR) is 77.8 cm³/mol. The number of nitrogens with zero attached hydrogens (tertiary/aromatic N) is 6. The predicted octanol–water partition coefficient (Wildman–Crippen LogP) is 1.27. The van der Waals surface area contributed by atoms with E-state index in [-0.39, 0.29) is 0 Å². The molecule has 3 heterocycles. The number of hydrogen-bond donors (Lipinski definition) is 0. The molecule has 0 aromatic carbocycles. The summed E-state index contributed by atoms with van der Waals surface area (Å²) >= 11 is 0. The van der Waals surface area contributed by atoms with E-state index in [2.05, 4.69) is 37.2 Å². The average molecular weight is 288 g/mol. The first-order valence-electron chi connectivity index (χ1n) is 7.24. The van der Waals surface area contributed by atoms with Gasteiger partial charge in [0.25, 0.3) is 0 Å². The van der Waals surface area contributed by atoms with Gasteiger partial charge in [0.1, 0.15) is 0 Å². The monoisotopic (exact) mass is 288 g/mol. The summed E-state index contributed by atoms with van der Waals surface area (Å²) in [6.45, 7) is 4.46. The second-order valence-electron chi connectivity index (χ2n) is 5.48. The van der Waals surface area contributed by atoms with Crippen LogP contribution in [0.25, 0.3) is 0 Å². The zero-order valence-electron chi connectivity index (χ0n) is 12.4. The molecule has 1 aliphatic rings. The van der Waals surface area contributed by atoms with E-state index >= 15 is 0 Å². The molecule has 7 nitrogen and oxygen atoms in total. The number of likely N-dealkylation sites (N-methyl/N-ethyl adjacent to an activating group) is 1. The van der Waals surface area contributed by atoms with Crippen molar-refractivity contribution in [1.29, 1.82) is 0 Å². The van der Waals surface area contributed by atoms with Crippen molar-refractivity contribution in [3.63, 3.8) is 0 Å². The van der Waals surface area contributed by atoms with Gasteiger partial charge in [-0.3, -0.25) is 4.90 Å². The fourth-order valence-corrected chi connectivity index (χ4v) is 2.83. The molecule has 7 heteroatoms. The Morgan fingerprint density at radius 2 is 2.29 bits per heavy atom. The summed E-state index contributed by atoms with van der Waals surface area (Å²) in [5, 5.41) is 16.1. The summed E-state index contributed by atoms with van der Waals surface area (Å²) in [5.74, 6) is 2.24. The molecule has 0 N–H and O–H groups in total. The Labute approximate surface area is 124 Å². The Kier molecular flexibility index (Phi) is 4.10. The molecule has 0 saturated carbocycles. The lowest BCUT2D eigenvalue weighted by Crippen LogP contribution is -2.39. The smallest absolute Gasteiger partial charge is 0.230 e. The van der Waals surface area contributed by atoms with Crippen molar-refractivity contribution in [3.8, 4) is 0 Å². The highest BCUT2D eigenvalue weighted by Gasteiger charge is 2.27. The highest BCUT2D eigenvalue weighted by molar-refractivity contribution is 5.39. The van der Waals surface area contributed by atoms with E-state index in [9.17, 15) is 0 Å². The molecule has 0 spiro atoms. The fraction of sp³-hybridized carbons (Fsp3) is 0.571. The summed E-state index contributed by atoms with van der Waals surface area (Å²) < 4.78 is 5.43. The van der Waals surface area contributed by atoms with Crippen LogP contribution in [-0.2, 0) is 6.54 Å². The van der Waals surface area contributed by atoms with Crippen LogP contribution in [-0.4, -0.2) is 51.5 Å². The number of aryl methyl sites for hydroxylation is 1. The van der Waals surface area contributed by atoms with E-state index in [4.69, 9.17) is 4.42 Å². The minimum absolute atomic E-state index is 0.454. The third-order valence-electron chi connectivity index (χ3n) is 3.73. The molecule has 1 atom stereocenters. The van der Waals surface area contributed by atoms with Crippen molar-refractivity contribution >= 4 is 5.82 Å². The standard InChI is InChI=1S/C14H20N6O/c1-11-16-18-14(21-11)10-19(2)9-12-5-4-8-20(12)13-6-3-7-15-17-13/h3,6-7,12H,4-5,8-10H2,1-2H3/t12-/m0/s1. The first-order chi connectivity index (χ1) is 10.2. The van der Waals surface area contributed by atoms with Crippen molar-refractivity contribution in [1.82, 2.24) is 25.3 Å². The van der Waals surface area contributed by atoms with Gasteiger partial charge in [0.05, 0.1) is 6.54 Å². The number of anilines is 1. The maximum Gasteiger partial charge on any atom is 0.230 e. The molecule has 0 unspecified atom stereocenters.